The van der Waals surface area contributed by atoms with Gasteiger partial charge < -0.3 is 0 Å². The first kappa shape index (κ1) is 13.7. The van der Waals surface area contributed by atoms with E-state index in [1.54, 1.807) is 11.8 Å². The molecule has 0 aromatic heterocycles. The quantitative estimate of drug-likeness (QED) is 0.744. The lowest BCUT2D eigenvalue weighted by Gasteiger charge is -2.24. The van der Waals surface area contributed by atoms with Crippen molar-refractivity contribution in [3.05, 3.63) is 29.8 Å². The first-order chi connectivity index (χ1) is 8.65. The molecule has 0 N–H and O–H groups in total. The van der Waals surface area contributed by atoms with Crippen LogP contribution >= 0.6 is 11.8 Å². The normalized spacial score (nSPS) is 23.9. The van der Waals surface area contributed by atoms with E-state index >= 15 is 0 Å². The van der Waals surface area contributed by atoms with Gasteiger partial charge in [0.05, 0.1) is 5.75 Å². The maximum Gasteiger partial charge on any atom is 0.146 e. The number of carbonyl (C=O) groups is 1. The zero-order valence-corrected chi connectivity index (χ0v) is 12.1. The second-order valence-electron chi connectivity index (χ2n) is 5.52. The Morgan fingerprint density at radius 1 is 1.17 bits per heavy atom. The average Bonchev–Trinajstić information content (AvgIpc) is 2.38. The Bertz CT molecular complexity index is 388. The third-order valence-electron chi connectivity index (χ3n) is 3.87. The van der Waals surface area contributed by atoms with Crippen molar-refractivity contribution in [1.29, 1.82) is 0 Å². The number of rotatable bonds is 4. The third-order valence-corrected chi connectivity index (χ3v) is 4.91. The van der Waals surface area contributed by atoms with Gasteiger partial charge in [-0.15, -0.1) is 11.8 Å². The van der Waals surface area contributed by atoms with Gasteiger partial charge >= 0.3 is 0 Å². The molecule has 2 heteroatoms. The highest BCUT2D eigenvalue weighted by molar-refractivity contribution is 8.00. The summed E-state index contributed by atoms with van der Waals surface area (Å²) in [6.07, 6.45) is 4.67. The van der Waals surface area contributed by atoms with Gasteiger partial charge in [-0.25, -0.2) is 0 Å². The Morgan fingerprint density at radius 3 is 2.39 bits per heavy atom. The molecule has 1 aromatic carbocycles. The molecule has 1 aromatic rings. The number of hydrogen-bond acceptors (Lipinski definition) is 2. The minimum atomic E-state index is 0.333. The molecule has 2 rings (SSSR count). The van der Waals surface area contributed by atoms with Gasteiger partial charge in [-0.05, 0) is 37.8 Å². The van der Waals surface area contributed by atoms with Crippen LogP contribution in [-0.2, 0) is 4.79 Å². The Hall–Kier alpha value is -0.760. The van der Waals surface area contributed by atoms with Crippen molar-refractivity contribution in [2.75, 3.05) is 5.75 Å². The van der Waals surface area contributed by atoms with Crippen molar-refractivity contribution < 1.29 is 4.79 Å². The largest absolute Gasteiger partial charge is 0.298 e. The molecule has 1 fully saturated rings. The lowest BCUT2D eigenvalue weighted by atomic mass is 9.81. The maximum absolute atomic E-state index is 12.1. The molecule has 0 bridgehead atoms. The van der Waals surface area contributed by atoms with Gasteiger partial charge in [-0.2, -0.15) is 0 Å². The molecular formula is C16H22OS. The summed E-state index contributed by atoms with van der Waals surface area (Å²) >= 11 is 1.68. The summed E-state index contributed by atoms with van der Waals surface area (Å²) in [6.45, 7) is 4.38. The molecule has 1 saturated carbocycles. The van der Waals surface area contributed by atoms with Crippen molar-refractivity contribution in [3.63, 3.8) is 0 Å². The number of Topliss-reactive ketones (excluding diaryl/α,β-unsaturated/α-hetero) is 1. The first-order valence-electron chi connectivity index (χ1n) is 6.87. The number of aryl methyl sites for hydroxylation is 1. The van der Waals surface area contributed by atoms with Gasteiger partial charge in [-0.1, -0.05) is 37.5 Å². The van der Waals surface area contributed by atoms with Crippen molar-refractivity contribution in [2.24, 2.45) is 11.8 Å². The standard InChI is InChI=1S/C16H22OS/c1-12-3-7-14(8-4-12)16(17)11-18-15-9-5-13(2)6-10-15/h5-6,9-10,12,14H,3-4,7-8,11H2,1-2H3. The second-order valence-corrected chi connectivity index (χ2v) is 6.57. The van der Waals surface area contributed by atoms with Crippen LogP contribution in [0, 0.1) is 18.8 Å². The van der Waals surface area contributed by atoms with E-state index in [0.29, 0.717) is 17.5 Å². The number of ketones is 1. The highest BCUT2D eigenvalue weighted by Gasteiger charge is 2.23. The Balaban J connectivity index is 1.79. The molecule has 0 aliphatic heterocycles. The smallest absolute Gasteiger partial charge is 0.146 e. The molecule has 0 radical (unpaired) electrons. The molecule has 0 heterocycles. The van der Waals surface area contributed by atoms with Gasteiger partial charge in [0.15, 0.2) is 0 Å². The van der Waals surface area contributed by atoms with E-state index in [0.717, 1.165) is 18.8 Å². The minimum absolute atomic E-state index is 0.333. The number of benzene rings is 1. The van der Waals surface area contributed by atoms with E-state index in [1.807, 2.05) is 0 Å². The predicted octanol–water partition coefficient (Wildman–Crippen LogP) is 4.48. The lowest BCUT2D eigenvalue weighted by molar-refractivity contribution is -0.121. The summed E-state index contributed by atoms with van der Waals surface area (Å²) in [5, 5.41) is 0. The topological polar surface area (TPSA) is 17.1 Å². The van der Waals surface area contributed by atoms with Crippen LogP contribution in [0.15, 0.2) is 29.2 Å². The summed E-state index contributed by atoms with van der Waals surface area (Å²) in [5.74, 6) is 2.24. The zero-order valence-electron chi connectivity index (χ0n) is 11.3. The number of carbonyl (C=O) groups excluding carboxylic acids is 1. The SMILES string of the molecule is Cc1ccc(SCC(=O)C2CCC(C)CC2)cc1. The maximum atomic E-state index is 12.1. The van der Waals surface area contributed by atoms with Gasteiger partial charge in [-0.3, -0.25) is 4.79 Å². The molecule has 1 aliphatic rings. The van der Waals surface area contributed by atoms with Gasteiger partial charge in [0.1, 0.15) is 5.78 Å². The van der Waals surface area contributed by atoms with E-state index in [4.69, 9.17) is 0 Å². The first-order valence-corrected chi connectivity index (χ1v) is 7.86. The molecular weight excluding hydrogens is 240 g/mol. The summed E-state index contributed by atoms with van der Waals surface area (Å²) in [5.41, 5.74) is 1.27. The Kier molecular flexibility index (Phi) is 4.87. The third kappa shape index (κ3) is 3.88. The Labute approximate surface area is 114 Å². The summed E-state index contributed by atoms with van der Waals surface area (Å²) in [7, 11) is 0. The number of hydrogen-bond donors (Lipinski definition) is 0. The van der Waals surface area contributed by atoms with Crippen molar-refractivity contribution in [3.8, 4) is 0 Å². The zero-order chi connectivity index (χ0) is 13.0. The predicted molar refractivity (Wildman–Crippen MR) is 78.0 cm³/mol. The summed E-state index contributed by atoms with van der Waals surface area (Å²) in [4.78, 5) is 13.3. The molecule has 1 nitrogen and oxygen atoms in total. The molecule has 0 atom stereocenters. The Morgan fingerprint density at radius 2 is 1.78 bits per heavy atom. The van der Waals surface area contributed by atoms with Crippen LogP contribution in [0.25, 0.3) is 0 Å². The molecule has 0 saturated heterocycles. The minimum Gasteiger partial charge on any atom is -0.298 e. The highest BCUT2D eigenvalue weighted by atomic mass is 32.2. The van der Waals surface area contributed by atoms with Crippen LogP contribution in [0.5, 0.6) is 0 Å². The monoisotopic (exact) mass is 262 g/mol. The molecule has 0 unspecified atom stereocenters. The average molecular weight is 262 g/mol. The van der Waals surface area contributed by atoms with Gasteiger partial charge in [0.25, 0.3) is 0 Å². The van der Waals surface area contributed by atoms with Crippen LogP contribution in [0.2, 0.25) is 0 Å². The van der Waals surface area contributed by atoms with Gasteiger partial charge in [0, 0.05) is 10.8 Å². The molecule has 18 heavy (non-hydrogen) atoms. The van der Waals surface area contributed by atoms with Crippen LogP contribution < -0.4 is 0 Å². The lowest BCUT2D eigenvalue weighted by Crippen LogP contribution is -2.22. The van der Waals surface area contributed by atoms with Crippen molar-refractivity contribution in [1.82, 2.24) is 0 Å². The van der Waals surface area contributed by atoms with Crippen molar-refractivity contribution >= 4 is 17.5 Å². The fourth-order valence-corrected chi connectivity index (χ4v) is 3.36. The van der Waals surface area contributed by atoms with E-state index in [1.165, 1.54) is 23.3 Å². The molecule has 0 spiro atoms. The van der Waals surface area contributed by atoms with Crippen molar-refractivity contribution in [2.45, 2.75) is 44.4 Å². The summed E-state index contributed by atoms with van der Waals surface area (Å²) < 4.78 is 0. The molecule has 98 valence electrons. The number of thioether (sulfide) groups is 1. The van der Waals surface area contributed by atoms with E-state index in [2.05, 4.69) is 38.1 Å². The summed E-state index contributed by atoms with van der Waals surface area (Å²) in [6, 6.07) is 8.43. The molecule has 0 amide bonds. The van der Waals surface area contributed by atoms with Crippen LogP contribution in [0.3, 0.4) is 0 Å². The highest BCUT2D eigenvalue weighted by Crippen LogP contribution is 2.30. The van der Waals surface area contributed by atoms with Gasteiger partial charge in [0.2, 0.25) is 0 Å². The van der Waals surface area contributed by atoms with Crippen LogP contribution in [0.4, 0.5) is 0 Å². The van der Waals surface area contributed by atoms with E-state index < -0.39 is 0 Å². The fourth-order valence-electron chi connectivity index (χ4n) is 2.49. The fraction of sp³-hybridized carbons (Fsp3) is 0.562. The second kappa shape index (κ2) is 6.42. The van der Waals surface area contributed by atoms with Crippen LogP contribution in [0.1, 0.15) is 38.2 Å². The van der Waals surface area contributed by atoms with E-state index in [9.17, 15) is 4.79 Å². The van der Waals surface area contributed by atoms with Crippen LogP contribution in [-0.4, -0.2) is 11.5 Å². The van der Waals surface area contributed by atoms with E-state index in [-0.39, 0.29) is 0 Å². The molecule has 1 aliphatic carbocycles.